The van der Waals surface area contributed by atoms with Crippen LogP contribution in [0, 0.1) is 0 Å². The fourth-order valence-corrected chi connectivity index (χ4v) is 2.82. The summed E-state index contributed by atoms with van der Waals surface area (Å²) in [6, 6.07) is 5.70. The Morgan fingerprint density at radius 3 is 2.70 bits per heavy atom. The Balaban J connectivity index is 1.86. The highest BCUT2D eigenvalue weighted by Crippen LogP contribution is 2.32. The van der Waals surface area contributed by atoms with E-state index in [1.807, 2.05) is 18.2 Å². The van der Waals surface area contributed by atoms with E-state index in [2.05, 4.69) is 5.32 Å². The lowest BCUT2D eigenvalue weighted by Gasteiger charge is -2.11. The maximum Gasteiger partial charge on any atom is 0.163 e. The van der Waals surface area contributed by atoms with Gasteiger partial charge in [0, 0.05) is 30.5 Å². The topological polar surface area (TPSA) is 64.6 Å². The molecule has 0 saturated carbocycles. The molecule has 1 heterocycles. The van der Waals surface area contributed by atoms with Crippen LogP contribution in [0.1, 0.15) is 19.8 Å². The van der Waals surface area contributed by atoms with Crippen molar-refractivity contribution in [3.8, 4) is 11.5 Å². The number of sulfone groups is 1. The van der Waals surface area contributed by atoms with Crippen LogP contribution in [0.3, 0.4) is 0 Å². The number of ether oxygens (including phenoxy) is 2. The minimum Gasteiger partial charge on any atom is -0.490 e. The van der Waals surface area contributed by atoms with Crippen molar-refractivity contribution in [2.45, 2.75) is 19.8 Å². The summed E-state index contributed by atoms with van der Waals surface area (Å²) >= 11 is 0. The maximum atomic E-state index is 11.4. The highest BCUT2D eigenvalue weighted by atomic mass is 32.2. The van der Waals surface area contributed by atoms with E-state index in [0.29, 0.717) is 26.2 Å². The third kappa shape index (κ3) is 4.30. The minimum absolute atomic E-state index is 0.205. The average Bonchev–Trinajstić information content (AvgIpc) is 2.68. The molecule has 112 valence electrons. The van der Waals surface area contributed by atoms with Crippen molar-refractivity contribution < 1.29 is 17.9 Å². The van der Waals surface area contributed by atoms with Crippen LogP contribution in [0.2, 0.25) is 0 Å². The molecule has 6 heteroatoms. The summed E-state index contributed by atoms with van der Waals surface area (Å²) in [7, 11) is -2.88. The average molecular weight is 299 g/mol. The van der Waals surface area contributed by atoms with Gasteiger partial charge in [0.15, 0.2) is 11.5 Å². The van der Waals surface area contributed by atoms with Crippen molar-refractivity contribution in [1.82, 2.24) is 0 Å². The van der Waals surface area contributed by atoms with Crippen molar-refractivity contribution in [3.05, 3.63) is 18.2 Å². The predicted molar refractivity (Wildman–Crippen MR) is 79.5 cm³/mol. The third-order valence-electron chi connectivity index (χ3n) is 3.15. The molecule has 0 aromatic heterocycles. The lowest BCUT2D eigenvalue weighted by Crippen LogP contribution is -2.12. The van der Waals surface area contributed by atoms with Crippen LogP contribution in [0.4, 0.5) is 5.69 Å². The molecule has 1 aliphatic rings. The van der Waals surface area contributed by atoms with E-state index >= 15 is 0 Å². The van der Waals surface area contributed by atoms with Crippen LogP contribution in [0.5, 0.6) is 11.5 Å². The number of hydrogen-bond donors (Lipinski definition) is 1. The van der Waals surface area contributed by atoms with Crippen LogP contribution < -0.4 is 14.8 Å². The van der Waals surface area contributed by atoms with Gasteiger partial charge in [-0.1, -0.05) is 6.92 Å². The van der Waals surface area contributed by atoms with Gasteiger partial charge in [-0.15, -0.1) is 0 Å². The zero-order valence-corrected chi connectivity index (χ0v) is 12.5. The second-order valence-corrected chi connectivity index (χ2v) is 7.20. The molecule has 1 aromatic rings. The number of nitrogens with one attached hydrogen (secondary N) is 1. The van der Waals surface area contributed by atoms with Gasteiger partial charge in [-0.25, -0.2) is 8.42 Å². The number of hydrogen-bond acceptors (Lipinski definition) is 5. The van der Waals surface area contributed by atoms with E-state index in [1.165, 1.54) is 0 Å². The van der Waals surface area contributed by atoms with E-state index < -0.39 is 9.84 Å². The fraction of sp³-hybridized carbons (Fsp3) is 0.571. The van der Waals surface area contributed by atoms with Crippen LogP contribution in [-0.4, -0.2) is 39.7 Å². The largest absolute Gasteiger partial charge is 0.490 e. The number of fused-ring (bicyclic) bond motifs is 1. The zero-order chi connectivity index (χ0) is 14.4. The first kappa shape index (κ1) is 15.0. The monoisotopic (exact) mass is 299 g/mol. The van der Waals surface area contributed by atoms with Crippen LogP contribution in [0.15, 0.2) is 18.2 Å². The smallest absolute Gasteiger partial charge is 0.163 e. The summed E-state index contributed by atoms with van der Waals surface area (Å²) in [5.74, 6) is 1.94. The molecule has 1 aromatic carbocycles. The van der Waals surface area contributed by atoms with E-state index in [9.17, 15) is 8.42 Å². The van der Waals surface area contributed by atoms with Crippen molar-refractivity contribution >= 4 is 15.5 Å². The molecule has 0 atom stereocenters. The van der Waals surface area contributed by atoms with Gasteiger partial charge in [-0.3, -0.25) is 0 Å². The van der Waals surface area contributed by atoms with Crippen LogP contribution >= 0.6 is 0 Å². The molecule has 0 bridgehead atoms. The quantitative estimate of drug-likeness (QED) is 0.815. The molecule has 0 saturated heterocycles. The molecule has 1 N–H and O–H groups in total. The standard InChI is InChI=1S/C14H21NO4S/c1-2-20(16,17)10-3-7-15-12-5-6-13-14(11-12)19-9-4-8-18-13/h5-6,11,15H,2-4,7-10H2,1H3. The molecule has 0 amide bonds. The first-order valence-electron chi connectivity index (χ1n) is 6.94. The summed E-state index contributed by atoms with van der Waals surface area (Å²) in [5.41, 5.74) is 0.920. The lowest BCUT2D eigenvalue weighted by atomic mass is 10.2. The van der Waals surface area contributed by atoms with Crippen molar-refractivity contribution in [1.29, 1.82) is 0 Å². The number of anilines is 1. The molecule has 0 fully saturated rings. The molecule has 1 aliphatic heterocycles. The van der Waals surface area contributed by atoms with Gasteiger partial charge < -0.3 is 14.8 Å². The van der Waals surface area contributed by atoms with E-state index in [0.717, 1.165) is 23.6 Å². The van der Waals surface area contributed by atoms with Gasteiger partial charge in [0.25, 0.3) is 0 Å². The Labute approximate surface area is 120 Å². The Bertz CT molecular complexity index is 542. The molecule has 0 spiro atoms. The molecule has 2 rings (SSSR count). The molecular weight excluding hydrogens is 278 g/mol. The summed E-state index contributed by atoms with van der Waals surface area (Å²) < 4.78 is 33.9. The van der Waals surface area contributed by atoms with Gasteiger partial charge in [-0.05, 0) is 18.6 Å². The first-order valence-corrected chi connectivity index (χ1v) is 8.77. The first-order chi connectivity index (χ1) is 9.61. The van der Waals surface area contributed by atoms with Gasteiger partial charge in [0.05, 0.1) is 19.0 Å². The van der Waals surface area contributed by atoms with Crippen LogP contribution in [-0.2, 0) is 9.84 Å². The van der Waals surface area contributed by atoms with Gasteiger partial charge in [0.2, 0.25) is 0 Å². The Morgan fingerprint density at radius 1 is 1.20 bits per heavy atom. The van der Waals surface area contributed by atoms with Gasteiger partial charge in [-0.2, -0.15) is 0 Å². The van der Waals surface area contributed by atoms with Crippen LogP contribution in [0.25, 0.3) is 0 Å². The van der Waals surface area contributed by atoms with Crippen molar-refractivity contribution in [2.75, 3.05) is 36.6 Å². The second kappa shape index (κ2) is 6.83. The molecular formula is C14H21NO4S. The van der Waals surface area contributed by atoms with Gasteiger partial charge in [0.1, 0.15) is 9.84 Å². The zero-order valence-electron chi connectivity index (χ0n) is 11.7. The number of rotatable bonds is 6. The third-order valence-corrected chi connectivity index (χ3v) is 4.94. The molecule has 0 radical (unpaired) electrons. The Hall–Kier alpha value is -1.43. The summed E-state index contributed by atoms with van der Waals surface area (Å²) in [6.45, 7) is 3.63. The highest BCUT2D eigenvalue weighted by Gasteiger charge is 2.11. The minimum atomic E-state index is -2.88. The van der Waals surface area contributed by atoms with E-state index in [1.54, 1.807) is 6.92 Å². The number of benzene rings is 1. The van der Waals surface area contributed by atoms with Crippen molar-refractivity contribution in [2.24, 2.45) is 0 Å². The van der Waals surface area contributed by atoms with Gasteiger partial charge >= 0.3 is 0 Å². The molecule has 0 aliphatic carbocycles. The van der Waals surface area contributed by atoms with Crippen molar-refractivity contribution in [3.63, 3.8) is 0 Å². The Morgan fingerprint density at radius 2 is 1.95 bits per heavy atom. The SMILES string of the molecule is CCS(=O)(=O)CCCNc1ccc2c(c1)OCCCO2. The Kier molecular flexibility index (Phi) is 5.11. The normalized spacial score (nSPS) is 14.7. The molecule has 20 heavy (non-hydrogen) atoms. The lowest BCUT2D eigenvalue weighted by molar-refractivity contribution is 0.297. The molecule has 5 nitrogen and oxygen atoms in total. The predicted octanol–water partition coefficient (Wildman–Crippen LogP) is 2.08. The van der Waals surface area contributed by atoms with E-state index in [-0.39, 0.29) is 11.5 Å². The highest BCUT2D eigenvalue weighted by molar-refractivity contribution is 7.91. The van der Waals surface area contributed by atoms with E-state index in [4.69, 9.17) is 9.47 Å². The second-order valence-electron chi connectivity index (χ2n) is 4.73. The summed E-state index contributed by atoms with van der Waals surface area (Å²) in [5, 5.41) is 3.21. The fourth-order valence-electron chi connectivity index (χ4n) is 1.94. The maximum absolute atomic E-state index is 11.4. The molecule has 0 unspecified atom stereocenters. The summed E-state index contributed by atoms with van der Waals surface area (Å²) in [4.78, 5) is 0. The summed E-state index contributed by atoms with van der Waals surface area (Å²) in [6.07, 6.45) is 1.48.